The van der Waals surface area contributed by atoms with E-state index in [2.05, 4.69) is 15.3 Å². The van der Waals surface area contributed by atoms with Gasteiger partial charge in [-0.3, -0.25) is 9.78 Å². The fraction of sp³-hybridized carbons (Fsp3) is 0. The number of anilines is 1. The van der Waals surface area contributed by atoms with Crippen LogP contribution in [-0.2, 0) is 4.79 Å². The summed E-state index contributed by atoms with van der Waals surface area (Å²) in [5.41, 5.74) is 1.66. The molecule has 0 spiro atoms. The van der Waals surface area contributed by atoms with Crippen LogP contribution in [0.4, 0.5) is 5.69 Å². The molecule has 2 aromatic heterocycles. The van der Waals surface area contributed by atoms with Gasteiger partial charge in [-0.05, 0) is 42.5 Å². The molecule has 31 heavy (non-hydrogen) atoms. The largest absolute Gasteiger partial charge is 0.455 e. The van der Waals surface area contributed by atoms with E-state index >= 15 is 0 Å². The van der Waals surface area contributed by atoms with Gasteiger partial charge in [-0.25, -0.2) is 4.98 Å². The van der Waals surface area contributed by atoms with Crippen LogP contribution >= 0.6 is 11.3 Å². The van der Waals surface area contributed by atoms with Crippen molar-refractivity contribution in [3.05, 3.63) is 95.6 Å². The van der Waals surface area contributed by atoms with E-state index in [1.165, 1.54) is 17.4 Å². The zero-order valence-corrected chi connectivity index (χ0v) is 17.0. The maximum atomic E-state index is 12.7. The summed E-state index contributed by atoms with van der Waals surface area (Å²) >= 11 is 1.40. The third kappa shape index (κ3) is 5.01. The Labute approximate surface area is 183 Å². The molecule has 0 saturated heterocycles. The van der Waals surface area contributed by atoms with Crippen molar-refractivity contribution in [1.82, 2.24) is 9.97 Å². The topological polar surface area (TPSA) is 87.9 Å². The van der Waals surface area contributed by atoms with Crippen LogP contribution < -0.4 is 10.1 Å². The van der Waals surface area contributed by atoms with E-state index in [4.69, 9.17) is 4.74 Å². The minimum Gasteiger partial charge on any atom is -0.455 e. The van der Waals surface area contributed by atoms with Crippen LogP contribution in [0, 0.1) is 11.3 Å². The maximum absolute atomic E-state index is 12.7. The standard InChI is InChI=1S/C24H16N4O2S/c25-15-17(14-18-16-31-24(27-18)21-11-6-7-13-26-21)23(29)28-20-10-4-5-12-22(20)30-19-8-2-1-3-9-19/h1-14,16H,(H,28,29). The number of hydrogen-bond donors (Lipinski definition) is 1. The second kappa shape index (κ2) is 9.48. The summed E-state index contributed by atoms with van der Waals surface area (Å²) in [5.74, 6) is 0.578. The number of thiazole rings is 1. The monoisotopic (exact) mass is 424 g/mol. The van der Waals surface area contributed by atoms with Crippen molar-refractivity contribution in [2.24, 2.45) is 0 Å². The number of amides is 1. The first-order valence-corrected chi connectivity index (χ1v) is 10.2. The molecular weight excluding hydrogens is 408 g/mol. The molecule has 0 radical (unpaired) electrons. The van der Waals surface area contributed by atoms with E-state index in [9.17, 15) is 10.1 Å². The van der Waals surface area contributed by atoms with Crippen molar-refractivity contribution in [2.45, 2.75) is 0 Å². The molecule has 6 nitrogen and oxygen atoms in total. The average molecular weight is 424 g/mol. The highest BCUT2D eigenvalue weighted by molar-refractivity contribution is 7.13. The molecule has 1 N–H and O–H groups in total. The summed E-state index contributed by atoms with van der Waals surface area (Å²) in [7, 11) is 0. The Balaban J connectivity index is 1.53. The van der Waals surface area contributed by atoms with Gasteiger partial charge in [0.05, 0.1) is 17.1 Å². The summed E-state index contributed by atoms with van der Waals surface area (Å²) < 4.78 is 5.86. The zero-order valence-electron chi connectivity index (χ0n) is 16.2. The molecule has 0 fully saturated rings. The van der Waals surface area contributed by atoms with Crippen molar-refractivity contribution >= 4 is 29.0 Å². The van der Waals surface area contributed by atoms with Crippen LogP contribution in [0.5, 0.6) is 11.5 Å². The number of nitriles is 1. The van der Waals surface area contributed by atoms with Gasteiger partial charge >= 0.3 is 0 Å². The van der Waals surface area contributed by atoms with Crippen molar-refractivity contribution < 1.29 is 9.53 Å². The Kier molecular flexibility index (Phi) is 6.12. The van der Waals surface area contributed by atoms with Crippen molar-refractivity contribution in [3.63, 3.8) is 0 Å². The lowest BCUT2D eigenvalue weighted by Crippen LogP contribution is -2.14. The van der Waals surface area contributed by atoms with Gasteiger partial charge in [-0.1, -0.05) is 36.4 Å². The quantitative estimate of drug-likeness (QED) is 0.324. The van der Waals surface area contributed by atoms with Gasteiger partial charge in [0.25, 0.3) is 5.91 Å². The summed E-state index contributed by atoms with van der Waals surface area (Å²) in [6.07, 6.45) is 3.15. The van der Waals surface area contributed by atoms with Crippen LogP contribution in [0.1, 0.15) is 5.69 Å². The number of hydrogen-bond acceptors (Lipinski definition) is 6. The van der Waals surface area contributed by atoms with E-state index in [1.54, 1.807) is 29.8 Å². The molecule has 0 aliphatic heterocycles. The molecule has 0 unspecified atom stereocenters. The molecule has 0 saturated carbocycles. The lowest BCUT2D eigenvalue weighted by Gasteiger charge is -2.11. The predicted octanol–water partition coefficient (Wildman–Crippen LogP) is 5.54. The van der Waals surface area contributed by atoms with Gasteiger partial charge in [-0.15, -0.1) is 11.3 Å². The molecule has 0 bridgehead atoms. The lowest BCUT2D eigenvalue weighted by molar-refractivity contribution is -0.112. The Hall–Kier alpha value is -4.28. The number of nitrogens with zero attached hydrogens (tertiary/aromatic N) is 3. The van der Waals surface area contributed by atoms with Gasteiger partial charge in [-0.2, -0.15) is 5.26 Å². The number of rotatable bonds is 6. The molecule has 4 aromatic rings. The van der Waals surface area contributed by atoms with Crippen LogP contribution in [-0.4, -0.2) is 15.9 Å². The van der Waals surface area contributed by atoms with E-state index in [-0.39, 0.29) is 5.57 Å². The number of carbonyl (C=O) groups is 1. The number of aromatic nitrogens is 2. The first-order valence-electron chi connectivity index (χ1n) is 9.35. The van der Waals surface area contributed by atoms with Crippen LogP contribution in [0.15, 0.2) is 89.9 Å². The van der Waals surface area contributed by atoms with Crippen LogP contribution in [0.3, 0.4) is 0 Å². The highest BCUT2D eigenvalue weighted by atomic mass is 32.1. The molecular formula is C24H16N4O2S. The molecule has 150 valence electrons. The molecule has 0 aliphatic rings. The number of benzene rings is 2. The lowest BCUT2D eigenvalue weighted by atomic mass is 10.2. The Bertz CT molecular complexity index is 1260. The second-order valence-electron chi connectivity index (χ2n) is 6.33. The third-order valence-corrected chi connectivity index (χ3v) is 5.05. The molecule has 2 heterocycles. The van der Waals surface area contributed by atoms with E-state index < -0.39 is 5.91 Å². The number of para-hydroxylation sites is 3. The maximum Gasteiger partial charge on any atom is 0.266 e. The van der Waals surface area contributed by atoms with Crippen LogP contribution in [0.25, 0.3) is 16.8 Å². The number of pyridine rings is 1. The van der Waals surface area contributed by atoms with Gasteiger partial charge in [0.15, 0.2) is 5.75 Å². The number of carbonyl (C=O) groups excluding carboxylic acids is 1. The van der Waals surface area contributed by atoms with Gasteiger partial charge in [0.1, 0.15) is 22.4 Å². The number of nitrogens with one attached hydrogen (secondary N) is 1. The Morgan fingerprint density at radius 1 is 1.03 bits per heavy atom. The Morgan fingerprint density at radius 2 is 1.81 bits per heavy atom. The number of ether oxygens (including phenoxy) is 1. The normalized spacial score (nSPS) is 10.9. The molecule has 0 aliphatic carbocycles. The first-order chi connectivity index (χ1) is 15.2. The second-order valence-corrected chi connectivity index (χ2v) is 7.19. The first kappa shape index (κ1) is 20.0. The fourth-order valence-corrected chi connectivity index (χ4v) is 3.47. The zero-order chi connectivity index (χ0) is 21.5. The highest BCUT2D eigenvalue weighted by Gasteiger charge is 2.14. The molecule has 1 amide bonds. The van der Waals surface area contributed by atoms with Gasteiger partial charge in [0.2, 0.25) is 0 Å². The predicted molar refractivity (Wildman–Crippen MR) is 121 cm³/mol. The van der Waals surface area contributed by atoms with Crippen molar-refractivity contribution in [3.8, 4) is 28.3 Å². The van der Waals surface area contributed by atoms with Gasteiger partial charge in [0, 0.05) is 11.6 Å². The molecule has 4 rings (SSSR count). The third-order valence-electron chi connectivity index (χ3n) is 4.17. The summed E-state index contributed by atoms with van der Waals surface area (Å²) in [4.78, 5) is 21.5. The highest BCUT2D eigenvalue weighted by Crippen LogP contribution is 2.29. The minimum atomic E-state index is -0.543. The van der Waals surface area contributed by atoms with Crippen molar-refractivity contribution in [2.75, 3.05) is 5.32 Å². The fourth-order valence-electron chi connectivity index (χ4n) is 2.72. The molecule has 2 aromatic carbocycles. The summed E-state index contributed by atoms with van der Waals surface area (Å²) in [6.45, 7) is 0. The van der Waals surface area contributed by atoms with E-state index in [1.807, 2.05) is 60.7 Å². The summed E-state index contributed by atoms with van der Waals surface area (Å²) in [6, 6.07) is 23.8. The summed E-state index contributed by atoms with van der Waals surface area (Å²) in [5, 5.41) is 14.8. The van der Waals surface area contributed by atoms with Gasteiger partial charge < -0.3 is 10.1 Å². The minimum absolute atomic E-state index is 0.0626. The van der Waals surface area contributed by atoms with E-state index in [0.29, 0.717) is 27.9 Å². The molecule has 7 heteroatoms. The van der Waals surface area contributed by atoms with Crippen molar-refractivity contribution in [1.29, 1.82) is 5.26 Å². The SMILES string of the molecule is N#CC(=Cc1csc(-c2ccccn2)n1)C(=O)Nc1ccccc1Oc1ccccc1. The van der Waals surface area contributed by atoms with E-state index in [0.717, 1.165) is 5.69 Å². The Morgan fingerprint density at radius 3 is 2.58 bits per heavy atom. The van der Waals surface area contributed by atoms with Crippen LogP contribution in [0.2, 0.25) is 0 Å². The average Bonchev–Trinajstić information content (AvgIpc) is 3.29. The smallest absolute Gasteiger partial charge is 0.266 e. The molecule has 0 atom stereocenters.